The summed E-state index contributed by atoms with van der Waals surface area (Å²) in [6, 6.07) is 28.1. The van der Waals surface area contributed by atoms with Gasteiger partial charge < -0.3 is 0 Å². The Bertz CT molecular complexity index is 1250. The summed E-state index contributed by atoms with van der Waals surface area (Å²) in [5, 5.41) is 57.0. The SMILES string of the molecule is N#CC(=CC=C(C#N)C(=C(C#N)C#N)c1ccccc1)C(=C(C#N)C#N)c1ccccc1. The van der Waals surface area contributed by atoms with Gasteiger partial charge in [0.2, 0.25) is 0 Å². The van der Waals surface area contributed by atoms with Crippen molar-refractivity contribution in [1.82, 2.24) is 0 Å². The molecule has 32 heavy (non-hydrogen) atoms. The fourth-order valence-electron chi connectivity index (χ4n) is 2.87. The molecule has 0 heterocycles. The average molecular weight is 408 g/mol. The van der Waals surface area contributed by atoms with Gasteiger partial charge in [0.15, 0.2) is 0 Å². The summed E-state index contributed by atoms with van der Waals surface area (Å²) in [6.45, 7) is 0. The molecule has 6 heteroatoms. The lowest BCUT2D eigenvalue weighted by atomic mass is 9.91. The minimum Gasteiger partial charge on any atom is -0.192 e. The van der Waals surface area contributed by atoms with Crippen LogP contribution in [0.1, 0.15) is 11.1 Å². The van der Waals surface area contributed by atoms with E-state index in [0.29, 0.717) is 11.1 Å². The van der Waals surface area contributed by atoms with E-state index >= 15 is 0 Å². The summed E-state index contributed by atoms with van der Waals surface area (Å²) in [4.78, 5) is 0. The molecule has 0 saturated carbocycles. The van der Waals surface area contributed by atoms with Crippen LogP contribution in [0.2, 0.25) is 0 Å². The van der Waals surface area contributed by atoms with E-state index in [1.165, 1.54) is 12.2 Å². The molecule has 0 bridgehead atoms. The molecule has 0 aliphatic carbocycles. The van der Waals surface area contributed by atoms with Gasteiger partial charge in [-0.25, -0.2) is 0 Å². The van der Waals surface area contributed by atoms with Crippen molar-refractivity contribution in [2.45, 2.75) is 0 Å². The third-order valence-electron chi connectivity index (χ3n) is 4.27. The normalized spacial score (nSPS) is 10.1. The van der Waals surface area contributed by atoms with Crippen LogP contribution < -0.4 is 0 Å². The second kappa shape index (κ2) is 11.4. The number of benzene rings is 2. The van der Waals surface area contributed by atoms with Crippen molar-refractivity contribution in [2.24, 2.45) is 0 Å². The highest BCUT2D eigenvalue weighted by Gasteiger charge is 2.16. The minimum absolute atomic E-state index is 0.0232. The highest BCUT2D eigenvalue weighted by molar-refractivity contribution is 5.91. The fourth-order valence-corrected chi connectivity index (χ4v) is 2.87. The molecule has 0 N–H and O–H groups in total. The molecule has 0 saturated heterocycles. The number of hydrogen-bond acceptors (Lipinski definition) is 6. The lowest BCUT2D eigenvalue weighted by molar-refractivity contribution is 1.43. The third-order valence-corrected chi connectivity index (χ3v) is 4.27. The van der Waals surface area contributed by atoms with E-state index in [2.05, 4.69) is 0 Å². The van der Waals surface area contributed by atoms with Gasteiger partial charge in [0.1, 0.15) is 35.4 Å². The summed E-state index contributed by atoms with van der Waals surface area (Å²) >= 11 is 0. The Kier molecular flexibility index (Phi) is 8.04. The predicted molar refractivity (Wildman–Crippen MR) is 117 cm³/mol. The third kappa shape index (κ3) is 5.03. The van der Waals surface area contributed by atoms with Crippen LogP contribution in [0.5, 0.6) is 0 Å². The van der Waals surface area contributed by atoms with Gasteiger partial charge in [-0.1, -0.05) is 60.7 Å². The summed E-state index contributed by atoms with van der Waals surface area (Å²) in [5.41, 5.74) is 0.650. The molecule has 0 unspecified atom stereocenters. The van der Waals surface area contributed by atoms with Crippen LogP contribution in [-0.2, 0) is 0 Å². The fraction of sp³-hybridized carbons (Fsp3) is 0. The van der Waals surface area contributed by atoms with Crippen molar-refractivity contribution in [3.05, 3.63) is 106 Å². The maximum atomic E-state index is 9.74. The van der Waals surface area contributed by atoms with Crippen molar-refractivity contribution < 1.29 is 0 Å². The molecule has 0 atom stereocenters. The Labute approximate surface area is 185 Å². The van der Waals surface area contributed by atoms with E-state index < -0.39 is 0 Å². The van der Waals surface area contributed by atoms with Gasteiger partial charge in [0.25, 0.3) is 0 Å². The average Bonchev–Trinajstić information content (AvgIpc) is 2.86. The van der Waals surface area contributed by atoms with E-state index in [1.807, 2.05) is 12.1 Å². The summed E-state index contributed by atoms with van der Waals surface area (Å²) in [5.74, 6) is 0. The second-order valence-corrected chi connectivity index (χ2v) is 6.06. The van der Waals surface area contributed by atoms with Gasteiger partial charge in [0.05, 0.1) is 23.3 Å². The molecule has 0 spiro atoms. The number of rotatable bonds is 5. The predicted octanol–water partition coefficient (Wildman–Crippen LogP) is 4.89. The highest BCUT2D eigenvalue weighted by atomic mass is 14.3. The van der Waals surface area contributed by atoms with Crippen molar-refractivity contribution in [2.75, 3.05) is 0 Å². The number of hydrogen-bond donors (Lipinski definition) is 0. The minimum atomic E-state index is -0.260. The Morgan fingerprint density at radius 3 is 1.03 bits per heavy atom. The molecule has 0 aliphatic heterocycles. The van der Waals surface area contributed by atoms with Gasteiger partial charge in [-0.3, -0.25) is 0 Å². The molecule has 0 fully saturated rings. The van der Waals surface area contributed by atoms with Gasteiger partial charge in [0, 0.05) is 11.1 Å². The smallest absolute Gasteiger partial charge is 0.138 e. The largest absolute Gasteiger partial charge is 0.192 e. The highest BCUT2D eigenvalue weighted by Crippen LogP contribution is 2.29. The zero-order valence-electron chi connectivity index (χ0n) is 16.6. The van der Waals surface area contributed by atoms with E-state index in [-0.39, 0.29) is 33.4 Å². The lowest BCUT2D eigenvalue weighted by Crippen LogP contribution is -1.95. The van der Waals surface area contributed by atoms with Crippen LogP contribution in [0.3, 0.4) is 0 Å². The molecule has 0 aliphatic rings. The molecule has 2 rings (SSSR count). The summed E-state index contributed by atoms with van der Waals surface area (Å²) in [7, 11) is 0. The number of nitrogens with zero attached hydrogens (tertiary/aromatic N) is 6. The molecule has 0 aromatic heterocycles. The summed E-state index contributed by atoms with van der Waals surface area (Å²) < 4.78 is 0. The number of nitriles is 6. The first-order valence-electron chi connectivity index (χ1n) is 9.07. The van der Waals surface area contributed by atoms with Crippen LogP contribution >= 0.6 is 0 Å². The topological polar surface area (TPSA) is 143 Å². The summed E-state index contributed by atoms with van der Waals surface area (Å²) in [6.07, 6.45) is 2.59. The molecule has 146 valence electrons. The van der Waals surface area contributed by atoms with E-state index in [9.17, 15) is 31.6 Å². The lowest BCUT2D eigenvalue weighted by Gasteiger charge is -2.08. The number of allylic oxidation sites excluding steroid dienone is 8. The molecular weight excluding hydrogens is 396 g/mol. The van der Waals surface area contributed by atoms with E-state index in [1.54, 1.807) is 84.9 Å². The quantitative estimate of drug-likeness (QED) is 0.509. The maximum absolute atomic E-state index is 9.74. The monoisotopic (exact) mass is 408 g/mol. The van der Waals surface area contributed by atoms with Crippen LogP contribution in [0.25, 0.3) is 11.1 Å². The Hall–Kier alpha value is -5.66. The first-order chi connectivity index (χ1) is 15.6. The first kappa shape index (κ1) is 22.6. The van der Waals surface area contributed by atoms with Crippen molar-refractivity contribution in [3.63, 3.8) is 0 Å². The van der Waals surface area contributed by atoms with E-state index in [0.717, 1.165) is 0 Å². The standard InChI is InChI=1S/C26H12N6/c27-13-21(25(23(15-29)16-30)19-7-3-1-4-8-19)11-12-22(14-28)26(24(17-31)18-32)20-9-5-2-6-10-20/h1-12H. The van der Waals surface area contributed by atoms with E-state index in [4.69, 9.17) is 0 Å². The van der Waals surface area contributed by atoms with Crippen molar-refractivity contribution in [1.29, 1.82) is 31.6 Å². The molecule has 6 nitrogen and oxygen atoms in total. The molecule has 0 amide bonds. The van der Waals surface area contributed by atoms with Gasteiger partial charge in [-0.05, 0) is 23.3 Å². The van der Waals surface area contributed by atoms with Crippen LogP contribution in [0.15, 0.2) is 95.1 Å². The molecular formula is C26H12N6. The van der Waals surface area contributed by atoms with Gasteiger partial charge in [-0.15, -0.1) is 0 Å². The van der Waals surface area contributed by atoms with Gasteiger partial charge >= 0.3 is 0 Å². The molecule has 0 radical (unpaired) electrons. The maximum Gasteiger partial charge on any atom is 0.138 e. The zero-order chi connectivity index (χ0) is 23.3. The van der Waals surface area contributed by atoms with Crippen LogP contribution in [0.4, 0.5) is 0 Å². The Morgan fingerprint density at radius 2 is 0.781 bits per heavy atom. The first-order valence-corrected chi connectivity index (χ1v) is 9.07. The molecule has 2 aromatic carbocycles. The Morgan fingerprint density at radius 1 is 0.469 bits per heavy atom. The Balaban J connectivity index is 2.80. The van der Waals surface area contributed by atoms with Crippen LogP contribution in [0, 0.1) is 68.0 Å². The van der Waals surface area contributed by atoms with Gasteiger partial charge in [-0.2, -0.15) is 31.6 Å². The van der Waals surface area contributed by atoms with Crippen molar-refractivity contribution in [3.8, 4) is 36.4 Å². The molecule has 2 aromatic rings. The van der Waals surface area contributed by atoms with Crippen LogP contribution in [-0.4, -0.2) is 0 Å². The van der Waals surface area contributed by atoms with Crippen molar-refractivity contribution >= 4 is 11.1 Å². The zero-order valence-corrected chi connectivity index (χ0v) is 16.6. The second-order valence-electron chi connectivity index (χ2n) is 6.06.